The first kappa shape index (κ1) is 13.7. The van der Waals surface area contributed by atoms with Gasteiger partial charge in [0.1, 0.15) is 0 Å². The standard InChI is InChI=1S/C12H14N2O4/c1-7(2)8-5-3-4-6-9(8)13-14-10(11(15)16)12(17)18/h3-7,13H,1-2H3,(H,15,16)(H,17,18). The van der Waals surface area contributed by atoms with Gasteiger partial charge in [-0.15, -0.1) is 0 Å². The van der Waals surface area contributed by atoms with Crippen LogP contribution < -0.4 is 5.43 Å². The van der Waals surface area contributed by atoms with Gasteiger partial charge in [-0.3, -0.25) is 5.43 Å². The number of carboxylic acids is 2. The molecule has 96 valence electrons. The van der Waals surface area contributed by atoms with Crippen molar-refractivity contribution in [2.24, 2.45) is 5.10 Å². The van der Waals surface area contributed by atoms with Crippen molar-refractivity contribution in [1.29, 1.82) is 0 Å². The number of hydrazone groups is 1. The summed E-state index contributed by atoms with van der Waals surface area (Å²) in [6.45, 7) is 3.94. The van der Waals surface area contributed by atoms with E-state index < -0.39 is 17.7 Å². The Bertz CT molecular complexity index is 479. The first-order chi connectivity index (χ1) is 8.43. The lowest BCUT2D eigenvalue weighted by molar-refractivity contribution is -0.134. The zero-order valence-corrected chi connectivity index (χ0v) is 10.0. The van der Waals surface area contributed by atoms with E-state index in [1.807, 2.05) is 26.0 Å². The summed E-state index contributed by atoms with van der Waals surface area (Å²) in [5.74, 6) is -2.96. The summed E-state index contributed by atoms with van der Waals surface area (Å²) in [6.07, 6.45) is 0. The highest BCUT2D eigenvalue weighted by molar-refractivity contribution is 6.61. The number of benzene rings is 1. The van der Waals surface area contributed by atoms with E-state index in [1.165, 1.54) is 0 Å². The average Bonchev–Trinajstić information content (AvgIpc) is 2.28. The van der Waals surface area contributed by atoms with E-state index in [9.17, 15) is 9.59 Å². The van der Waals surface area contributed by atoms with Crippen molar-refractivity contribution < 1.29 is 19.8 Å². The number of carboxylic acid groups (broad SMARTS) is 2. The summed E-state index contributed by atoms with van der Waals surface area (Å²) in [5, 5.41) is 20.7. The maximum Gasteiger partial charge on any atom is 0.364 e. The highest BCUT2D eigenvalue weighted by Gasteiger charge is 2.18. The Labute approximate surface area is 104 Å². The molecule has 0 heterocycles. The number of nitrogens with one attached hydrogen (secondary N) is 1. The number of anilines is 1. The molecule has 1 rings (SSSR count). The fourth-order valence-electron chi connectivity index (χ4n) is 1.41. The van der Waals surface area contributed by atoms with Crippen molar-refractivity contribution in [2.75, 3.05) is 5.43 Å². The molecule has 0 saturated heterocycles. The molecule has 0 aliphatic carbocycles. The molecule has 0 unspecified atom stereocenters. The third-order valence-corrected chi connectivity index (χ3v) is 2.28. The van der Waals surface area contributed by atoms with Crippen LogP contribution in [-0.4, -0.2) is 27.9 Å². The summed E-state index contributed by atoms with van der Waals surface area (Å²) in [6, 6.07) is 7.17. The molecule has 0 saturated carbocycles. The highest BCUT2D eigenvalue weighted by Crippen LogP contribution is 2.23. The third kappa shape index (κ3) is 3.31. The lowest BCUT2D eigenvalue weighted by atomic mass is 10.0. The molecule has 0 spiro atoms. The largest absolute Gasteiger partial charge is 0.476 e. The number of rotatable bonds is 5. The molecule has 1 aromatic rings. The number of para-hydroxylation sites is 1. The van der Waals surface area contributed by atoms with Gasteiger partial charge in [0.25, 0.3) is 5.71 Å². The molecule has 0 bridgehead atoms. The van der Waals surface area contributed by atoms with Crippen LogP contribution in [0.3, 0.4) is 0 Å². The zero-order chi connectivity index (χ0) is 13.7. The number of aliphatic carboxylic acids is 2. The van der Waals surface area contributed by atoms with Crippen molar-refractivity contribution in [3.63, 3.8) is 0 Å². The Kier molecular flexibility index (Phi) is 4.42. The highest BCUT2D eigenvalue weighted by atomic mass is 16.4. The van der Waals surface area contributed by atoms with E-state index in [0.717, 1.165) is 5.56 Å². The van der Waals surface area contributed by atoms with E-state index >= 15 is 0 Å². The van der Waals surface area contributed by atoms with Crippen LogP contribution in [0.15, 0.2) is 29.4 Å². The summed E-state index contributed by atoms with van der Waals surface area (Å²) in [5.41, 5.74) is 3.05. The van der Waals surface area contributed by atoms with Crippen LogP contribution in [0.25, 0.3) is 0 Å². The number of hydrogen-bond acceptors (Lipinski definition) is 4. The fourth-order valence-corrected chi connectivity index (χ4v) is 1.41. The van der Waals surface area contributed by atoms with Gasteiger partial charge in [-0.2, -0.15) is 5.10 Å². The lowest BCUT2D eigenvalue weighted by Gasteiger charge is -2.11. The van der Waals surface area contributed by atoms with Gasteiger partial charge in [0.2, 0.25) is 0 Å². The van der Waals surface area contributed by atoms with Gasteiger partial charge < -0.3 is 10.2 Å². The zero-order valence-electron chi connectivity index (χ0n) is 10.0. The van der Waals surface area contributed by atoms with Crippen LogP contribution in [0, 0.1) is 0 Å². The molecule has 18 heavy (non-hydrogen) atoms. The summed E-state index contributed by atoms with van der Waals surface area (Å²) in [4.78, 5) is 21.3. The SMILES string of the molecule is CC(C)c1ccccc1NN=C(C(=O)O)C(=O)O. The van der Waals surface area contributed by atoms with Crippen LogP contribution in [0.5, 0.6) is 0 Å². The Balaban J connectivity index is 3.01. The summed E-state index contributed by atoms with van der Waals surface area (Å²) in [7, 11) is 0. The molecule has 1 aromatic carbocycles. The molecule has 0 fully saturated rings. The Morgan fingerprint density at radius 2 is 1.72 bits per heavy atom. The van der Waals surface area contributed by atoms with Crippen molar-refractivity contribution >= 4 is 23.3 Å². The second-order valence-corrected chi connectivity index (χ2v) is 3.92. The average molecular weight is 250 g/mol. The molecule has 0 aliphatic rings. The third-order valence-electron chi connectivity index (χ3n) is 2.28. The molecule has 3 N–H and O–H groups in total. The monoisotopic (exact) mass is 250 g/mol. The maximum atomic E-state index is 10.6. The van der Waals surface area contributed by atoms with Gasteiger partial charge in [0.05, 0.1) is 5.69 Å². The first-order valence-electron chi connectivity index (χ1n) is 5.32. The predicted molar refractivity (Wildman–Crippen MR) is 66.9 cm³/mol. The van der Waals surface area contributed by atoms with Gasteiger partial charge in [-0.1, -0.05) is 32.0 Å². The van der Waals surface area contributed by atoms with Crippen molar-refractivity contribution in [2.45, 2.75) is 19.8 Å². The molecular formula is C12H14N2O4. The maximum absolute atomic E-state index is 10.6. The van der Waals surface area contributed by atoms with E-state index in [1.54, 1.807) is 12.1 Å². The minimum Gasteiger partial charge on any atom is -0.476 e. The quantitative estimate of drug-likeness (QED) is 0.420. The topological polar surface area (TPSA) is 99.0 Å². The molecular weight excluding hydrogens is 236 g/mol. The Hall–Kier alpha value is -2.37. The first-order valence-corrected chi connectivity index (χ1v) is 5.32. The van der Waals surface area contributed by atoms with Gasteiger partial charge in [0.15, 0.2) is 0 Å². The molecule has 0 aliphatic heterocycles. The number of hydrogen-bond donors (Lipinski definition) is 3. The van der Waals surface area contributed by atoms with Crippen LogP contribution >= 0.6 is 0 Å². The minimum atomic E-state index is -1.59. The smallest absolute Gasteiger partial charge is 0.364 e. The molecule has 6 heteroatoms. The lowest BCUT2D eigenvalue weighted by Crippen LogP contribution is -2.24. The van der Waals surface area contributed by atoms with Crippen molar-refractivity contribution in [1.82, 2.24) is 0 Å². The van der Waals surface area contributed by atoms with E-state index in [-0.39, 0.29) is 5.92 Å². The molecule has 0 aromatic heterocycles. The van der Waals surface area contributed by atoms with Crippen LogP contribution in [0.1, 0.15) is 25.3 Å². The number of carbonyl (C=O) groups is 2. The van der Waals surface area contributed by atoms with E-state index in [2.05, 4.69) is 10.5 Å². The minimum absolute atomic E-state index is 0.210. The second kappa shape index (κ2) is 5.81. The van der Waals surface area contributed by atoms with Gasteiger partial charge in [0, 0.05) is 0 Å². The van der Waals surface area contributed by atoms with E-state index in [0.29, 0.717) is 5.69 Å². The molecule has 0 radical (unpaired) electrons. The van der Waals surface area contributed by atoms with Crippen LogP contribution in [-0.2, 0) is 9.59 Å². The van der Waals surface area contributed by atoms with Crippen LogP contribution in [0.2, 0.25) is 0 Å². The van der Waals surface area contributed by atoms with E-state index in [4.69, 9.17) is 10.2 Å². The second-order valence-electron chi connectivity index (χ2n) is 3.92. The Morgan fingerprint density at radius 3 is 2.22 bits per heavy atom. The van der Waals surface area contributed by atoms with Crippen molar-refractivity contribution in [3.05, 3.63) is 29.8 Å². The number of nitrogens with zero attached hydrogens (tertiary/aromatic N) is 1. The molecule has 0 atom stereocenters. The van der Waals surface area contributed by atoms with Crippen LogP contribution in [0.4, 0.5) is 5.69 Å². The normalized spacial score (nSPS) is 9.94. The summed E-state index contributed by atoms with van der Waals surface area (Å²) >= 11 is 0. The Morgan fingerprint density at radius 1 is 1.17 bits per heavy atom. The summed E-state index contributed by atoms with van der Waals surface area (Å²) < 4.78 is 0. The fraction of sp³-hybridized carbons (Fsp3) is 0.250. The predicted octanol–water partition coefficient (Wildman–Crippen LogP) is 1.75. The molecule has 6 nitrogen and oxygen atoms in total. The van der Waals surface area contributed by atoms with Gasteiger partial charge in [-0.05, 0) is 17.5 Å². The van der Waals surface area contributed by atoms with Gasteiger partial charge >= 0.3 is 11.9 Å². The molecule has 0 amide bonds. The van der Waals surface area contributed by atoms with Crippen molar-refractivity contribution in [3.8, 4) is 0 Å². The van der Waals surface area contributed by atoms with Gasteiger partial charge in [-0.25, -0.2) is 9.59 Å².